The van der Waals surface area contributed by atoms with Gasteiger partial charge in [0.25, 0.3) is 0 Å². The van der Waals surface area contributed by atoms with Gasteiger partial charge in [0, 0.05) is 12.1 Å². The van der Waals surface area contributed by atoms with Crippen LogP contribution >= 0.6 is 0 Å². The Balaban J connectivity index is 1.47. The molecule has 0 fully saturated rings. The first-order valence-corrected chi connectivity index (χ1v) is 7.65. The van der Waals surface area contributed by atoms with Gasteiger partial charge in [-0.3, -0.25) is 4.90 Å². The predicted octanol–water partition coefficient (Wildman–Crippen LogP) is 3.39. The summed E-state index contributed by atoms with van der Waals surface area (Å²) < 4.78 is 24.1. The van der Waals surface area contributed by atoms with Gasteiger partial charge in [-0.05, 0) is 43.4 Å². The van der Waals surface area contributed by atoms with Crippen molar-refractivity contribution >= 4 is 0 Å². The summed E-state index contributed by atoms with van der Waals surface area (Å²) in [5, 5.41) is 8.13. The molecular formula is C18H18FN3O2. The van der Waals surface area contributed by atoms with Gasteiger partial charge in [0.2, 0.25) is 11.8 Å². The third kappa shape index (κ3) is 4.39. The fourth-order valence-electron chi connectivity index (χ4n) is 2.18. The summed E-state index contributed by atoms with van der Waals surface area (Å²) in [4.78, 5) is 2.02. The first kappa shape index (κ1) is 16.1. The summed E-state index contributed by atoms with van der Waals surface area (Å²) >= 11 is 0. The van der Waals surface area contributed by atoms with Gasteiger partial charge in [0.15, 0.2) is 0 Å². The van der Waals surface area contributed by atoms with Crippen molar-refractivity contribution < 1.29 is 13.5 Å². The van der Waals surface area contributed by atoms with Crippen LogP contribution in [0.4, 0.5) is 4.39 Å². The first-order valence-electron chi connectivity index (χ1n) is 7.65. The number of rotatable bonds is 7. The maximum Gasteiger partial charge on any atom is 0.247 e. The molecule has 5 nitrogen and oxygen atoms in total. The van der Waals surface area contributed by atoms with Gasteiger partial charge in [-0.15, -0.1) is 10.2 Å². The number of benzene rings is 2. The predicted molar refractivity (Wildman–Crippen MR) is 88.0 cm³/mol. The van der Waals surface area contributed by atoms with E-state index < -0.39 is 0 Å². The molecule has 24 heavy (non-hydrogen) atoms. The highest BCUT2D eigenvalue weighted by Crippen LogP contribution is 2.17. The zero-order valence-corrected chi connectivity index (χ0v) is 13.4. The smallest absolute Gasteiger partial charge is 0.247 e. The van der Waals surface area contributed by atoms with Gasteiger partial charge in [-0.1, -0.05) is 18.2 Å². The average molecular weight is 327 g/mol. The lowest BCUT2D eigenvalue weighted by Gasteiger charge is -2.14. The molecule has 1 heterocycles. The number of halogens is 1. The van der Waals surface area contributed by atoms with E-state index in [9.17, 15) is 4.39 Å². The topological polar surface area (TPSA) is 51.4 Å². The lowest BCUT2D eigenvalue weighted by molar-refractivity contribution is 0.220. The third-order valence-corrected chi connectivity index (χ3v) is 3.45. The van der Waals surface area contributed by atoms with Crippen LogP contribution in [0.1, 0.15) is 5.89 Å². The summed E-state index contributed by atoms with van der Waals surface area (Å²) in [6.45, 7) is 1.70. The largest absolute Gasteiger partial charge is 0.492 e. The van der Waals surface area contributed by atoms with E-state index in [1.165, 1.54) is 12.1 Å². The molecule has 0 aliphatic heterocycles. The Labute approximate surface area is 139 Å². The van der Waals surface area contributed by atoms with E-state index in [0.717, 1.165) is 5.56 Å². The van der Waals surface area contributed by atoms with Gasteiger partial charge in [-0.2, -0.15) is 0 Å². The molecule has 0 spiro atoms. The van der Waals surface area contributed by atoms with E-state index in [0.29, 0.717) is 37.2 Å². The third-order valence-electron chi connectivity index (χ3n) is 3.45. The molecule has 0 unspecified atom stereocenters. The quantitative estimate of drug-likeness (QED) is 0.666. The van der Waals surface area contributed by atoms with Gasteiger partial charge in [-0.25, -0.2) is 4.39 Å². The van der Waals surface area contributed by atoms with Crippen molar-refractivity contribution in [2.24, 2.45) is 0 Å². The molecule has 0 atom stereocenters. The van der Waals surface area contributed by atoms with Crippen LogP contribution in [-0.4, -0.2) is 35.3 Å². The second kappa shape index (κ2) is 7.70. The zero-order chi connectivity index (χ0) is 16.8. The Morgan fingerprint density at radius 2 is 1.79 bits per heavy atom. The SMILES string of the molecule is CN(CCOc1ccc(F)cc1)Cc1nnc(-c2ccccc2)o1. The molecule has 0 aliphatic carbocycles. The second-order valence-corrected chi connectivity index (χ2v) is 5.41. The molecule has 0 bridgehead atoms. The fourth-order valence-corrected chi connectivity index (χ4v) is 2.18. The van der Waals surface area contributed by atoms with Crippen molar-refractivity contribution in [3.63, 3.8) is 0 Å². The Hall–Kier alpha value is -2.73. The molecule has 3 aromatic rings. The minimum atomic E-state index is -0.273. The van der Waals surface area contributed by atoms with Crippen LogP contribution < -0.4 is 4.74 Å². The lowest BCUT2D eigenvalue weighted by Crippen LogP contribution is -2.24. The molecular weight excluding hydrogens is 309 g/mol. The van der Waals surface area contributed by atoms with Crippen LogP contribution in [0.25, 0.3) is 11.5 Å². The fraction of sp³-hybridized carbons (Fsp3) is 0.222. The van der Waals surface area contributed by atoms with Crippen LogP contribution in [0, 0.1) is 5.82 Å². The lowest BCUT2D eigenvalue weighted by atomic mass is 10.2. The average Bonchev–Trinajstić information content (AvgIpc) is 3.06. The van der Waals surface area contributed by atoms with E-state index in [1.807, 2.05) is 42.3 Å². The molecule has 3 rings (SSSR count). The normalized spacial score (nSPS) is 11.0. The van der Waals surface area contributed by atoms with E-state index in [-0.39, 0.29) is 5.82 Å². The van der Waals surface area contributed by atoms with E-state index in [1.54, 1.807) is 12.1 Å². The minimum absolute atomic E-state index is 0.273. The van der Waals surface area contributed by atoms with Crippen LogP contribution in [0.2, 0.25) is 0 Å². The molecule has 1 aromatic heterocycles. The Bertz CT molecular complexity index is 759. The zero-order valence-electron chi connectivity index (χ0n) is 13.4. The number of nitrogens with zero attached hydrogens (tertiary/aromatic N) is 3. The highest BCUT2D eigenvalue weighted by molar-refractivity contribution is 5.51. The maximum atomic E-state index is 12.8. The van der Waals surface area contributed by atoms with Gasteiger partial charge in [0.1, 0.15) is 18.2 Å². The van der Waals surface area contributed by atoms with E-state index in [4.69, 9.17) is 9.15 Å². The van der Waals surface area contributed by atoms with Crippen molar-refractivity contribution in [1.29, 1.82) is 0 Å². The summed E-state index contributed by atoms with van der Waals surface area (Å²) in [7, 11) is 1.94. The molecule has 0 saturated carbocycles. The summed E-state index contributed by atoms with van der Waals surface area (Å²) in [5.74, 6) is 1.44. The Morgan fingerprint density at radius 3 is 2.54 bits per heavy atom. The summed E-state index contributed by atoms with van der Waals surface area (Å²) in [6.07, 6.45) is 0. The van der Waals surface area contributed by atoms with Crippen molar-refractivity contribution in [3.8, 4) is 17.2 Å². The van der Waals surface area contributed by atoms with Crippen molar-refractivity contribution in [3.05, 3.63) is 66.3 Å². The summed E-state index contributed by atoms with van der Waals surface area (Å²) in [5.41, 5.74) is 0.901. The van der Waals surface area contributed by atoms with Crippen LogP contribution in [-0.2, 0) is 6.54 Å². The molecule has 0 saturated heterocycles. The maximum absolute atomic E-state index is 12.8. The van der Waals surface area contributed by atoms with Gasteiger partial charge >= 0.3 is 0 Å². The minimum Gasteiger partial charge on any atom is -0.492 e. The van der Waals surface area contributed by atoms with Gasteiger partial charge < -0.3 is 9.15 Å². The monoisotopic (exact) mass is 327 g/mol. The first-order chi connectivity index (χ1) is 11.7. The summed E-state index contributed by atoms with van der Waals surface area (Å²) in [6, 6.07) is 15.6. The van der Waals surface area contributed by atoms with Crippen LogP contribution in [0.3, 0.4) is 0 Å². The molecule has 6 heteroatoms. The number of hydrogen-bond donors (Lipinski definition) is 0. The molecule has 0 aliphatic rings. The number of aromatic nitrogens is 2. The highest BCUT2D eigenvalue weighted by Gasteiger charge is 2.10. The van der Waals surface area contributed by atoms with Crippen LogP contribution in [0.15, 0.2) is 59.0 Å². The number of likely N-dealkylation sites (N-methyl/N-ethyl adjacent to an activating group) is 1. The molecule has 2 aromatic carbocycles. The molecule has 0 radical (unpaired) electrons. The van der Waals surface area contributed by atoms with Crippen molar-refractivity contribution in [1.82, 2.24) is 15.1 Å². The standard InChI is InChI=1S/C18H18FN3O2/c1-22(11-12-23-16-9-7-15(19)8-10-16)13-17-20-21-18(24-17)14-5-3-2-4-6-14/h2-10H,11-13H2,1H3. The van der Waals surface area contributed by atoms with E-state index >= 15 is 0 Å². The Kier molecular flexibility index (Phi) is 5.18. The van der Waals surface area contributed by atoms with E-state index in [2.05, 4.69) is 10.2 Å². The van der Waals surface area contributed by atoms with Crippen molar-refractivity contribution in [2.45, 2.75) is 6.54 Å². The van der Waals surface area contributed by atoms with Crippen molar-refractivity contribution in [2.75, 3.05) is 20.2 Å². The number of hydrogen-bond acceptors (Lipinski definition) is 5. The molecule has 0 amide bonds. The Morgan fingerprint density at radius 1 is 1.04 bits per heavy atom. The van der Waals surface area contributed by atoms with Gasteiger partial charge in [0.05, 0.1) is 6.54 Å². The second-order valence-electron chi connectivity index (χ2n) is 5.41. The highest BCUT2D eigenvalue weighted by atomic mass is 19.1. The number of ether oxygens (including phenoxy) is 1. The van der Waals surface area contributed by atoms with Crippen LogP contribution in [0.5, 0.6) is 5.75 Å². The molecule has 0 N–H and O–H groups in total. The molecule has 124 valence electrons.